The molecule has 2 aromatic rings. The maximum Gasteiger partial charge on any atom is 0.241 e. The van der Waals surface area contributed by atoms with Crippen molar-refractivity contribution < 1.29 is 9.32 Å². The topological polar surface area (TPSA) is 71.3 Å². The van der Waals surface area contributed by atoms with Gasteiger partial charge in [-0.2, -0.15) is 4.98 Å². The molecule has 1 amide bonds. The Balaban J connectivity index is 1.51. The van der Waals surface area contributed by atoms with Crippen LogP contribution in [0, 0.1) is 18.8 Å². The van der Waals surface area contributed by atoms with Gasteiger partial charge >= 0.3 is 0 Å². The largest absolute Gasteiger partial charge is 0.356 e. The van der Waals surface area contributed by atoms with Crippen LogP contribution in [-0.2, 0) is 11.3 Å². The van der Waals surface area contributed by atoms with Gasteiger partial charge in [-0.05, 0) is 44.3 Å². The van der Waals surface area contributed by atoms with E-state index >= 15 is 0 Å². The molecule has 1 fully saturated rings. The Labute approximate surface area is 155 Å². The third-order valence-electron chi connectivity index (χ3n) is 4.86. The summed E-state index contributed by atoms with van der Waals surface area (Å²) >= 11 is 0. The van der Waals surface area contributed by atoms with Crippen LogP contribution in [0.25, 0.3) is 11.4 Å². The number of amides is 1. The van der Waals surface area contributed by atoms with Gasteiger partial charge in [0.25, 0.3) is 0 Å². The first-order valence-corrected chi connectivity index (χ1v) is 9.41. The molecule has 26 heavy (non-hydrogen) atoms. The molecule has 0 aliphatic carbocycles. The Hall–Kier alpha value is -2.21. The highest BCUT2D eigenvalue weighted by Crippen LogP contribution is 2.22. The third-order valence-corrected chi connectivity index (χ3v) is 4.86. The van der Waals surface area contributed by atoms with Crippen molar-refractivity contribution >= 4 is 5.91 Å². The normalized spacial score (nSPS) is 16.2. The number of rotatable bonds is 6. The van der Waals surface area contributed by atoms with Crippen molar-refractivity contribution in [3.63, 3.8) is 0 Å². The molecule has 1 aromatic carbocycles. The average Bonchev–Trinajstić information content (AvgIpc) is 3.09. The summed E-state index contributed by atoms with van der Waals surface area (Å²) in [4.78, 5) is 19.0. The van der Waals surface area contributed by atoms with Gasteiger partial charge in [-0.15, -0.1) is 0 Å². The predicted octanol–water partition coefficient (Wildman–Crippen LogP) is 3.03. The van der Waals surface area contributed by atoms with Gasteiger partial charge in [0.05, 0.1) is 6.54 Å². The highest BCUT2D eigenvalue weighted by Gasteiger charge is 2.26. The smallest absolute Gasteiger partial charge is 0.241 e. The fraction of sp³-hybridized carbons (Fsp3) is 0.550. The van der Waals surface area contributed by atoms with Crippen molar-refractivity contribution in [2.24, 2.45) is 11.8 Å². The highest BCUT2D eigenvalue weighted by atomic mass is 16.5. The predicted molar refractivity (Wildman–Crippen MR) is 100 cm³/mol. The molecule has 0 spiro atoms. The van der Waals surface area contributed by atoms with E-state index in [0.29, 0.717) is 24.2 Å². The summed E-state index contributed by atoms with van der Waals surface area (Å²) in [5.74, 6) is 2.07. The van der Waals surface area contributed by atoms with E-state index in [-0.39, 0.29) is 11.8 Å². The number of carbonyl (C=O) groups is 1. The van der Waals surface area contributed by atoms with E-state index in [9.17, 15) is 4.79 Å². The van der Waals surface area contributed by atoms with Crippen LogP contribution in [0.1, 0.15) is 38.1 Å². The first kappa shape index (κ1) is 18.6. The van der Waals surface area contributed by atoms with Crippen molar-refractivity contribution in [2.45, 2.75) is 40.2 Å². The van der Waals surface area contributed by atoms with Gasteiger partial charge in [-0.1, -0.05) is 43.3 Å². The molecule has 6 heteroatoms. The second-order valence-corrected chi connectivity index (χ2v) is 7.52. The van der Waals surface area contributed by atoms with Gasteiger partial charge in [0.2, 0.25) is 17.6 Å². The molecule has 1 aromatic heterocycles. The van der Waals surface area contributed by atoms with Gasteiger partial charge < -0.3 is 9.84 Å². The number of nitrogens with zero attached hydrogens (tertiary/aromatic N) is 3. The second-order valence-electron chi connectivity index (χ2n) is 7.52. The molecule has 1 saturated heterocycles. The number of likely N-dealkylation sites (tertiary alicyclic amines) is 1. The van der Waals surface area contributed by atoms with Crippen LogP contribution >= 0.6 is 0 Å². The maximum absolute atomic E-state index is 12.2. The van der Waals surface area contributed by atoms with E-state index in [1.54, 1.807) is 0 Å². The van der Waals surface area contributed by atoms with E-state index in [4.69, 9.17) is 4.52 Å². The van der Waals surface area contributed by atoms with Gasteiger partial charge in [0, 0.05) is 18.0 Å². The Morgan fingerprint density at radius 3 is 2.73 bits per heavy atom. The molecule has 1 N–H and O–H groups in total. The maximum atomic E-state index is 12.2. The number of nitrogens with one attached hydrogen (secondary N) is 1. The molecule has 1 aliphatic rings. The second kappa shape index (κ2) is 8.45. The number of benzene rings is 1. The zero-order valence-electron chi connectivity index (χ0n) is 15.9. The van der Waals surface area contributed by atoms with Gasteiger partial charge in [0.15, 0.2) is 0 Å². The summed E-state index contributed by atoms with van der Waals surface area (Å²) in [6.45, 7) is 9.41. The molecule has 0 atom stereocenters. The molecule has 6 nitrogen and oxygen atoms in total. The van der Waals surface area contributed by atoms with Crippen molar-refractivity contribution in [3.05, 3.63) is 35.7 Å². The van der Waals surface area contributed by atoms with Crippen LogP contribution in [0.3, 0.4) is 0 Å². The summed E-state index contributed by atoms with van der Waals surface area (Å²) in [7, 11) is 0. The van der Waals surface area contributed by atoms with Crippen molar-refractivity contribution in [1.29, 1.82) is 0 Å². The Bertz CT molecular complexity index is 733. The lowest BCUT2D eigenvalue weighted by Crippen LogP contribution is -2.41. The minimum absolute atomic E-state index is 0.121. The Kier molecular flexibility index (Phi) is 6.04. The fourth-order valence-corrected chi connectivity index (χ4v) is 3.25. The molecular formula is C20H28N4O2. The lowest BCUT2D eigenvalue weighted by atomic mass is 9.95. The molecule has 0 radical (unpaired) electrons. The zero-order valence-corrected chi connectivity index (χ0v) is 15.9. The molecule has 0 saturated carbocycles. The van der Waals surface area contributed by atoms with E-state index in [1.165, 1.54) is 0 Å². The number of hydrogen-bond acceptors (Lipinski definition) is 5. The van der Waals surface area contributed by atoms with E-state index in [0.717, 1.165) is 43.6 Å². The quantitative estimate of drug-likeness (QED) is 0.861. The first-order valence-electron chi connectivity index (χ1n) is 9.41. The number of aromatic nitrogens is 2. The zero-order chi connectivity index (χ0) is 18.5. The molecule has 3 rings (SSSR count). The number of hydrogen-bond donors (Lipinski definition) is 1. The van der Waals surface area contributed by atoms with Crippen LogP contribution in [-0.4, -0.2) is 40.6 Å². The van der Waals surface area contributed by atoms with Gasteiger partial charge in [-0.25, -0.2) is 0 Å². The number of carbonyl (C=O) groups excluding carboxylic acids is 1. The first-order chi connectivity index (χ1) is 12.5. The molecular weight excluding hydrogens is 328 g/mol. The van der Waals surface area contributed by atoms with Crippen molar-refractivity contribution in [1.82, 2.24) is 20.4 Å². The molecule has 2 heterocycles. The third kappa shape index (κ3) is 4.69. The van der Waals surface area contributed by atoms with Crippen LogP contribution in [0.5, 0.6) is 0 Å². The molecule has 140 valence electrons. The minimum atomic E-state index is 0.121. The molecule has 1 aliphatic heterocycles. The van der Waals surface area contributed by atoms with Crippen LogP contribution in [0.4, 0.5) is 0 Å². The van der Waals surface area contributed by atoms with Crippen LogP contribution in [0.15, 0.2) is 28.8 Å². The van der Waals surface area contributed by atoms with Gasteiger partial charge in [0.1, 0.15) is 0 Å². The van der Waals surface area contributed by atoms with Crippen LogP contribution < -0.4 is 5.32 Å². The number of aryl methyl sites for hydroxylation is 1. The van der Waals surface area contributed by atoms with Crippen molar-refractivity contribution in [3.8, 4) is 11.4 Å². The summed E-state index contributed by atoms with van der Waals surface area (Å²) < 4.78 is 5.43. The minimum Gasteiger partial charge on any atom is -0.356 e. The van der Waals surface area contributed by atoms with Crippen LogP contribution in [0.2, 0.25) is 0 Å². The standard InChI is InChI=1S/C20H28N4O2/c1-14(2)12-21-20(25)16-8-10-24(11-9-16)13-18-22-19(23-26-18)17-7-5-4-6-15(17)3/h4-7,14,16H,8-13H2,1-3H3,(H,21,25). The highest BCUT2D eigenvalue weighted by molar-refractivity contribution is 5.78. The fourth-order valence-electron chi connectivity index (χ4n) is 3.25. The SMILES string of the molecule is Cc1ccccc1-c1noc(CN2CCC(C(=O)NCC(C)C)CC2)n1. The molecule has 0 unspecified atom stereocenters. The average molecular weight is 356 g/mol. The van der Waals surface area contributed by atoms with E-state index < -0.39 is 0 Å². The molecule has 0 bridgehead atoms. The summed E-state index contributed by atoms with van der Waals surface area (Å²) in [6.07, 6.45) is 1.76. The summed E-state index contributed by atoms with van der Waals surface area (Å²) in [5.41, 5.74) is 2.14. The lowest BCUT2D eigenvalue weighted by molar-refractivity contribution is -0.126. The van der Waals surface area contributed by atoms with Gasteiger partial charge in [-0.3, -0.25) is 9.69 Å². The Morgan fingerprint density at radius 2 is 2.04 bits per heavy atom. The lowest BCUT2D eigenvalue weighted by Gasteiger charge is -2.30. The van der Waals surface area contributed by atoms with Crippen molar-refractivity contribution in [2.75, 3.05) is 19.6 Å². The number of piperidine rings is 1. The monoisotopic (exact) mass is 356 g/mol. The van der Waals surface area contributed by atoms with E-state index in [1.807, 2.05) is 31.2 Å². The summed E-state index contributed by atoms with van der Waals surface area (Å²) in [5, 5.41) is 7.16. The summed E-state index contributed by atoms with van der Waals surface area (Å²) in [6, 6.07) is 8.03. The van der Waals surface area contributed by atoms with E-state index in [2.05, 4.69) is 34.2 Å². The Morgan fingerprint density at radius 1 is 1.31 bits per heavy atom.